The first-order valence-corrected chi connectivity index (χ1v) is 17.3. The minimum atomic E-state index is -0.642. The molecule has 0 bridgehead atoms. The molecule has 0 aliphatic carbocycles. The predicted octanol–water partition coefficient (Wildman–Crippen LogP) is 9.13. The molecule has 1 aliphatic heterocycles. The van der Waals surface area contributed by atoms with Gasteiger partial charge < -0.3 is 19.5 Å². The molecule has 5 rings (SSSR count). The second kappa shape index (κ2) is 14.5. The minimum Gasteiger partial charge on any atom is -0.490 e. The lowest BCUT2D eigenvalue weighted by atomic mass is 9.95. The molecule has 1 unspecified atom stereocenters. The highest BCUT2D eigenvalue weighted by Crippen LogP contribution is 2.44. The van der Waals surface area contributed by atoms with Gasteiger partial charge in [0.05, 0.1) is 22.8 Å². The van der Waals surface area contributed by atoms with E-state index in [1.807, 2.05) is 64.1 Å². The molecule has 0 saturated heterocycles. The number of carbonyl (C=O) groups is 1. The number of fused-ring (bicyclic) bond motifs is 1. The number of aromatic nitrogens is 3. The zero-order valence-corrected chi connectivity index (χ0v) is 30.2. The number of nitrogens with one attached hydrogen (secondary N) is 1. The third-order valence-electron chi connectivity index (χ3n) is 7.68. The van der Waals surface area contributed by atoms with E-state index in [0.29, 0.717) is 62.3 Å². The summed E-state index contributed by atoms with van der Waals surface area (Å²) in [5.74, 6) is 1.81. The maximum atomic E-state index is 13.6. The zero-order chi connectivity index (χ0) is 33.1. The van der Waals surface area contributed by atoms with Gasteiger partial charge in [0.15, 0.2) is 11.5 Å². The highest BCUT2D eigenvalue weighted by molar-refractivity contribution is 9.10. The van der Waals surface area contributed by atoms with Crippen LogP contribution < -0.4 is 14.8 Å². The van der Waals surface area contributed by atoms with Crippen molar-refractivity contribution in [2.75, 3.05) is 11.9 Å². The number of anilines is 1. The van der Waals surface area contributed by atoms with Gasteiger partial charge in [-0.05, 0) is 116 Å². The average Bonchev–Trinajstić information content (AvgIpc) is 3.40. The van der Waals surface area contributed by atoms with Crippen LogP contribution in [0.5, 0.6) is 11.5 Å². The Morgan fingerprint density at radius 2 is 1.78 bits per heavy atom. The van der Waals surface area contributed by atoms with Crippen LogP contribution in [0, 0.1) is 20.8 Å². The van der Waals surface area contributed by atoms with Crippen LogP contribution in [0.3, 0.4) is 0 Å². The highest BCUT2D eigenvalue weighted by atomic mass is 79.9. The Kier molecular flexibility index (Phi) is 10.7. The molecular weight excluding hydrogens is 688 g/mol. The fraction of sp³-hybridized carbons (Fsp3) is 0.343. The monoisotopic (exact) mass is 724 g/mol. The van der Waals surface area contributed by atoms with Crippen molar-refractivity contribution in [1.82, 2.24) is 14.8 Å². The summed E-state index contributed by atoms with van der Waals surface area (Å²) in [6.07, 6.45) is -0.303. The third-order valence-corrected chi connectivity index (χ3v) is 9.53. The van der Waals surface area contributed by atoms with Crippen molar-refractivity contribution < 1.29 is 19.0 Å². The molecule has 4 aromatic rings. The molecule has 0 radical (unpaired) electrons. The van der Waals surface area contributed by atoms with Gasteiger partial charge in [0, 0.05) is 16.5 Å². The summed E-state index contributed by atoms with van der Waals surface area (Å²) in [6.45, 7) is 14.5. The van der Waals surface area contributed by atoms with E-state index in [4.69, 9.17) is 35.9 Å². The van der Waals surface area contributed by atoms with E-state index in [9.17, 15) is 4.79 Å². The van der Waals surface area contributed by atoms with Crippen LogP contribution in [0.4, 0.5) is 5.95 Å². The number of nitrogens with zero attached hydrogens (tertiary/aromatic N) is 3. The summed E-state index contributed by atoms with van der Waals surface area (Å²) in [4.78, 5) is 18.4. The lowest BCUT2D eigenvalue weighted by Crippen LogP contribution is -2.30. The Morgan fingerprint density at radius 3 is 2.50 bits per heavy atom. The van der Waals surface area contributed by atoms with Gasteiger partial charge in [0.1, 0.15) is 12.6 Å². The molecule has 11 heteroatoms. The molecule has 1 aliphatic rings. The van der Waals surface area contributed by atoms with Crippen LogP contribution in [0.1, 0.15) is 67.1 Å². The zero-order valence-electron chi connectivity index (χ0n) is 27.0. The number of hydrogen-bond donors (Lipinski definition) is 1. The Hall–Kier alpha value is -3.47. The fourth-order valence-corrected chi connectivity index (χ4v) is 6.96. The number of benzene rings is 3. The first kappa shape index (κ1) is 33.9. The normalized spacial score (nSPS) is 14.3. The quantitative estimate of drug-likeness (QED) is 0.121. The van der Waals surface area contributed by atoms with Crippen LogP contribution in [-0.4, -0.2) is 33.4 Å². The molecule has 1 atom stereocenters. The number of carbonyl (C=O) groups excluding carboxylic acids is 1. The Morgan fingerprint density at radius 1 is 1.04 bits per heavy atom. The Labute approximate surface area is 288 Å². The number of thioether (sulfide) groups is 1. The lowest BCUT2D eigenvalue weighted by Gasteiger charge is -2.29. The Balaban J connectivity index is 1.54. The predicted molar refractivity (Wildman–Crippen MR) is 187 cm³/mol. The van der Waals surface area contributed by atoms with Crippen molar-refractivity contribution in [3.05, 3.63) is 103 Å². The number of allylic oxidation sites excluding steroid dienone is 1. The molecule has 0 spiro atoms. The molecule has 46 heavy (non-hydrogen) atoms. The molecule has 2 heterocycles. The van der Waals surface area contributed by atoms with Gasteiger partial charge in [-0.15, -0.1) is 5.10 Å². The molecule has 1 N–H and O–H groups in total. The van der Waals surface area contributed by atoms with Gasteiger partial charge in [-0.3, -0.25) is 0 Å². The number of hydrogen-bond acceptors (Lipinski definition) is 8. The second-order valence-corrected chi connectivity index (χ2v) is 13.7. The molecule has 8 nitrogen and oxygen atoms in total. The molecule has 0 fully saturated rings. The van der Waals surface area contributed by atoms with E-state index in [2.05, 4.69) is 54.2 Å². The van der Waals surface area contributed by atoms with E-state index in [1.165, 1.54) is 28.5 Å². The third kappa shape index (κ3) is 7.40. The van der Waals surface area contributed by atoms with Crippen molar-refractivity contribution in [3.8, 4) is 11.5 Å². The van der Waals surface area contributed by atoms with Crippen LogP contribution in [0.15, 0.2) is 69.4 Å². The fourth-order valence-electron chi connectivity index (χ4n) is 5.27. The number of esters is 1. The van der Waals surface area contributed by atoms with Crippen molar-refractivity contribution in [3.63, 3.8) is 0 Å². The maximum Gasteiger partial charge on any atom is 0.338 e. The SMILES string of the molecule is CCOc1cc(C2C(C(=O)OC(C)C)=C(C)Nc3nc(SCc4ccccc4Cl)nn32)cc(Br)c1OCc1cc(C)c(C)cc1C. The molecule has 3 aromatic carbocycles. The maximum absolute atomic E-state index is 13.6. The van der Waals surface area contributed by atoms with Gasteiger partial charge in [-0.25, -0.2) is 9.48 Å². The summed E-state index contributed by atoms with van der Waals surface area (Å²) in [5.41, 5.74) is 7.54. The highest BCUT2D eigenvalue weighted by Gasteiger charge is 2.36. The molecule has 1 aromatic heterocycles. The van der Waals surface area contributed by atoms with Gasteiger partial charge >= 0.3 is 5.97 Å². The second-order valence-electron chi connectivity index (χ2n) is 11.5. The van der Waals surface area contributed by atoms with Crippen molar-refractivity contribution in [2.45, 2.75) is 78.1 Å². The van der Waals surface area contributed by atoms with E-state index in [1.54, 1.807) is 4.68 Å². The summed E-state index contributed by atoms with van der Waals surface area (Å²) >= 11 is 11.6. The minimum absolute atomic E-state index is 0.303. The number of rotatable bonds is 11. The summed E-state index contributed by atoms with van der Waals surface area (Å²) in [6, 6.07) is 15.3. The average molecular weight is 726 g/mol. The van der Waals surface area contributed by atoms with Gasteiger partial charge in [-0.2, -0.15) is 4.98 Å². The van der Waals surface area contributed by atoms with Gasteiger partial charge in [0.25, 0.3) is 0 Å². The van der Waals surface area contributed by atoms with E-state index < -0.39 is 12.0 Å². The smallest absolute Gasteiger partial charge is 0.338 e. The number of ether oxygens (including phenoxy) is 3. The number of aryl methyl sites for hydroxylation is 3. The van der Waals surface area contributed by atoms with Gasteiger partial charge in [-0.1, -0.05) is 53.7 Å². The first-order valence-electron chi connectivity index (χ1n) is 15.1. The molecule has 0 amide bonds. The van der Waals surface area contributed by atoms with Crippen LogP contribution >= 0.6 is 39.3 Å². The molecule has 242 valence electrons. The summed E-state index contributed by atoms with van der Waals surface area (Å²) in [5, 5.41) is 9.37. The topological polar surface area (TPSA) is 87.5 Å². The van der Waals surface area contributed by atoms with Crippen molar-refractivity contribution in [1.29, 1.82) is 0 Å². The van der Waals surface area contributed by atoms with E-state index >= 15 is 0 Å². The summed E-state index contributed by atoms with van der Waals surface area (Å²) < 4.78 is 20.7. The molecular formula is C35H38BrClN4O4S. The van der Waals surface area contributed by atoms with Crippen LogP contribution in [-0.2, 0) is 21.9 Å². The van der Waals surface area contributed by atoms with Gasteiger partial charge in [0.2, 0.25) is 11.1 Å². The first-order chi connectivity index (χ1) is 22.0. The summed E-state index contributed by atoms with van der Waals surface area (Å²) in [7, 11) is 0. The standard InChI is InChI=1S/C35H38BrClN4O4S/c1-8-43-29-16-25(15-27(36)32(29)44-17-26-14-21(5)20(4)13-22(26)6)31-30(33(42)45-19(2)3)23(7)38-34-39-35(40-41(31)34)46-18-24-11-9-10-12-28(24)37/h9-16,19,31H,8,17-18H2,1-7H3,(H,38,39,40). The van der Waals surface area contributed by atoms with E-state index in [0.717, 1.165) is 16.7 Å². The van der Waals surface area contributed by atoms with Crippen LogP contribution in [0.25, 0.3) is 0 Å². The van der Waals surface area contributed by atoms with Crippen molar-refractivity contribution >= 4 is 51.2 Å². The van der Waals surface area contributed by atoms with Crippen LogP contribution in [0.2, 0.25) is 5.02 Å². The Bertz CT molecular complexity index is 1810. The lowest BCUT2D eigenvalue weighted by molar-refractivity contribution is -0.143. The largest absolute Gasteiger partial charge is 0.490 e. The van der Waals surface area contributed by atoms with E-state index in [-0.39, 0.29) is 6.10 Å². The number of halogens is 2. The molecule has 0 saturated carbocycles. The van der Waals surface area contributed by atoms with Crippen molar-refractivity contribution in [2.24, 2.45) is 0 Å².